The topological polar surface area (TPSA) is 59.9 Å². The van der Waals surface area contributed by atoms with Crippen molar-refractivity contribution in [1.29, 1.82) is 0 Å². The molecule has 0 atom stereocenters. The van der Waals surface area contributed by atoms with Crippen molar-refractivity contribution in [3.8, 4) is 0 Å². The van der Waals surface area contributed by atoms with Gasteiger partial charge in [0.2, 0.25) is 0 Å². The van der Waals surface area contributed by atoms with Crippen LogP contribution in [0.3, 0.4) is 0 Å². The molecule has 0 saturated carbocycles. The average molecular weight is 342 g/mol. The van der Waals surface area contributed by atoms with E-state index in [0.717, 1.165) is 53.1 Å². The Bertz CT molecular complexity index is 890. The Balaban J connectivity index is 1.90. The van der Waals surface area contributed by atoms with Gasteiger partial charge in [0.05, 0.1) is 16.8 Å². The average Bonchev–Trinajstić information content (AvgIpc) is 3.19. The van der Waals surface area contributed by atoms with Crippen LogP contribution in [0.2, 0.25) is 0 Å². The van der Waals surface area contributed by atoms with E-state index >= 15 is 0 Å². The maximum atomic E-state index is 5.12. The van der Waals surface area contributed by atoms with Crippen molar-refractivity contribution in [2.45, 2.75) is 39.0 Å². The van der Waals surface area contributed by atoms with Crippen molar-refractivity contribution in [3.63, 3.8) is 0 Å². The van der Waals surface area contributed by atoms with E-state index < -0.39 is 0 Å². The van der Waals surface area contributed by atoms with Crippen LogP contribution >= 0.6 is 11.3 Å². The summed E-state index contributed by atoms with van der Waals surface area (Å²) in [7, 11) is 1.71. The number of hydrogen-bond acceptors (Lipinski definition) is 6. The number of anilines is 1. The number of aromatic nitrogens is 3. The summed E-state index contributed by atoms with van der Waals surface area (Å²) < 4.78 is 6.23. The minimum Gasteiger partial charge on any atom is -0.383 e. The van der Waals surface area contributed by atoms with Crippen LogP contribution in [0.4, 0.5) is 5.82 Å². The molecule has 5 nitrogen and oxygen atoms in total. The third-order valence-electron chi connectivity index (χ3n) is 4.64. The lowest BCUT2D eigenvalue weighted by atomic mass is 10.0. The first-order valence-electron chi connectivity index (χ1n) is 8.64. The number of hydrogen-bond donors (Lipinski definition) is 1. The van der Waals surface area contributed by atoms with Gasteiger partial charge in [-0.2, -0.15) is 0 Å². The van der Waals surface area contributed by atoms with Crippen LogP contribution in [0.15, 0.2) is 6.33 Å². The maximum absolute atomic E-state index is 5.12. The monoisotopic (exact) mass is 342 g/mol. The highest BCUT2D eigenvalue weighted by Crippen LogP contribution is 2.41. The molecule has 1 aliphatic carbocycles. The number of aryl methyl sites for hydroxylation is 2. The van der Waals surface area contributed by atoms with Crippen LogP contribution in [-0.2, 0) is 24.0 Å². The molecule has 0 fully saturated rings. The largest absolute Gasteiger partial charge is 0.383 e. The molecule has 6 heteroatoms. The standard InChI is InChI=1S/C18H22N4OS/c1-3-5-13-11-6-4-7-12(11)14-15-16(24-18(14)22-13)17(21-10-20-15)19-8-9-23-2/h10H,3-9H2,1-2H3,(H,19,20,21). The number of pyridine rings is 1. The molecule has 1 N–H and O–H groups in total. The number of rotatable bonds is 6. The van der Waals surface area contributed by atoms with Gasteiger partial charge < -0.3 is 10.1 Å². The van der Waals surface area contributed by atoms with Gasteiger partial charge in [-0.3, -0.25) is 0 Å². The fourth-order valence-corrected chi connectivity index (χ4v) is 4.76. The number of nitrogens with one attached hydrogen (secondary N) is 1. The SMILES string of the molecule is CCCc1nc2sc3c(NCCOC)ncnc3c2c2c1CCC2. The second-order valence-electron chi connectivity index (χ2n) is 6.22. The normalized spacial score (nSPS) is 13.8. The zero-order valence-corrected chi connectivity index (χ0v) is 15.0. The Morgan fingerprint density at radius 2 is 2.12 bits per heavy atom. The Labute approximate surface area is 145 Å². The number of ether oxygens (including phenoxy) is 1. The molecule has 0 saturated heterocycles. The van der Waals surface area contributed by atoms with Gasteiger partial charge in [-0.15, -0.1) is 11.3 Å². The van der Waals surface area contributed by atoms with E-state index in [1.165, 1.54) is 28.6 Å². The number of thiophene rings is 1. The van der Waals surface area contributed by atoms with Gasteiger partial charge >= 0.3 is 0 Å². The van der Waals surface area contributed by atoms with Crippen LogP contribution in [0, 0.1) is 0 Å². The van der Waals surface area contributed by atoms with E-state index in [4.69, 9.17) is 9.72 Å². The predicted octanol–water partition coefficient (Wildman–Crippen LogP) is 3.74. The first kappa shape index (κ1) is 15.7. The minimum absolute atomic E-state index is 0.657. The first-order valence-corrected chi connectivity index (χ1v) is 9.45. The molecular weight excluding hydrogens is 320 g/mol. The van der Waals surface area contributed by atoms with E-state index in [0.29, 0.717) is 6.61 Å². The Morgan fingerprint density at radius 1 is 1.25 bits per heavy atom. The van der Waals surface area contributed by atoms with Crippen LogP contribution in [-0.4, -0.2) is 35.2 Å². The first-order chi connectivity index (χ1) is 11.8. The lowest BCUT2D eigenvalue weighted by Gasteiger charge is -2.08. The summed E-state index contributed by atoms with van der Waals surface area (Å²) in [6, 6.07) is 0. The molecule has 126 valence electrons. The lowest BCUT2D eigenvalue weighted by Crippen LogP contribution is -2.08. The summed E-state index contributed by atoms with van der Waals surface area (Å²) in [5, 5.41) is 4.63. The smallest absolute Gasteiger partial charge is 0.147 e. The van der Waals surface area contributed by atoms with Crippen molar-refractivity contribution in [2.24, 2.45) is 0 Å². The predicted molar refractivity (Wildman–Crippen MR) is 99.1 cm³/mol. The van der Waals surface area contributed by atoms with Gasteiger partial charge in [0.25, 0.3) is 0 Å². The van der Waals surface area contributed by atoms with E-state index in [9.17, 15) is 0 Å². The van der Waals surface area contributed by atoms with E-state index in [1.54, 1.807) is 24.8 Å². The van der Waals surface area contributed by atoms with Crippen LogP contribution in [0.25, 0.3) is 20.4 Å². The second-order valence-corrected chi connectivity index (χ2v) is 7.22. The zero-order chi connectivity index (χ0) is 16.5. The minimum atomic E-state index is 0.657. The molecule has 4 rings (SSSR count). The fourth-order valence-electron chi connectivity index (χ4n) is 3.62. The van der Waals surface area contributed by atoms with Crippen LogP contribution in [0.1, 0.15) is 36.6 Å². The molecule has 0 amide bonds. The summed E-state index contributed by atoms with van der Waals surface area (Å²) in [6.07, 6.45) is 7.40. The fraction of sp³-hybridized carbons (Fsp3) is 0.500. The van der Waals surface area contributed by atoms with E-state index in [-0.39, 0.29) is 0 Å². The summed E-state index contributed by atoms with van der Waals surface area (Å²) in [5.41, 5.74) is 5.32. The summed E-state index contributed by atoms with van der Waals surface area (Å²) >= 11 is 1.71. The third kappa shape index (κ3) is 2.54. The maximum Gasteiger partial charge on any atom is 0.147 e. The highest BCUT2D eigenvalue weighted by molar-refractivity contribution is 7.26. The molecule has 3 aromatic rings. The van der Waals surface area contributed by atoms with Gasteiger partial charge in [-0.05, 0) is 36.8 Å². The molecule has 0 spiro atoms. The molecular formula is C18H22N4OS. The van der Waals surface area contributed by atoms with Gasteiger partial charge in [-0.25, -0.2) is 15.0 Å². The Hall–Kier alpha value is -1.79. The van der Waals surface area contributed by atoms with Crippen LogP contribution in [0.5, 0.6) is 0 Å². The van der Waals surface area contributed by atoms with Crippen molar-refractivity contribution < 1.29 is 4.74 Å². The molecule has 24 heavy (non-hydrogen) atoms. The number of nitrogens with zero attached hydrogens (tertiary/aromatic N) is 3. The molecule has 3 aromatic heterocycles. The van der Waals surface area contributed by atoms with Crippen molar-refractivity contribution >= 4 is 37.6 Å². The van der Waals surface area contributed by atoms with Gasteiger partial charge in [0.1, 0.15) is 17.0 Å². The third-order valence-corrected chi connectivity index (χ3v) is 5.72. The number of fused-ring (bicyclic) bond motifs is 5. The van der Waals surface area contributed by atoms with E-state index in [2.05, 4.69) is 22.2 Å². The molecule has 0 unspecified atom stereocenters. The zero-order valence-electron chi connectivity index (χ0n) is 14.2. The second kappa shape index (κ2) is 6.61. The van der Waals surface area contributed by atoms with E-state index in [1.807, 2.05) is 0 Å². The van der Waals surface area contributed by atoms with Crippen LogP contribution < -0.4 is 5.32 Å². The number of methoxy groups -OCH3 is 1. The Kier molecular flexibility index (Phi) is 4.33. The molecule has 0 aromatic carbocycles. The molecule has 3 heterocycles. The van der Waals surface area contributed by atoms with Gasteiger partial charge in [-0.1, -0.05) is 13.3 Å². The molecule has 0 aliphatic heterocycles. The summed E-state index contributed by atoms with van der Waals surface area (Å²) in [4.78, 5) is 15.2. The van der Waals surface area contributed by atoms with Crippen molar-refractivity contribution in [3.05, 3.63) is 23.1 Å². The molecule has 1 aliphatic rings. The Morgan fingerprint density at radius 3 is 2.96 bits per heavy atom. The van der Waals surface area contributed by atoms with Crippen molar-refractivity contribution in [1.82, 2.24) is 15.0 Å². The van der Waals surface area contributed by atoms with Gasteiger partial charge in [0.15, 0.2) is 0 Å². The van der Waals surface area contributed by atoms with Crippen molar-refractivity contribution in [2.75, 3.05) is 25.6 Å². The highest BCUT2D eigenvalue weighted by atomic mass is 32.1. The highest BCUT2D eigenvalue weighted by Gasteiger charge is 2.23. The summed E-state index contributed by atoms with van der Waals surface area (Å²) in [5.74, 6) is 0.892. The summed E-state index contributed by atoms with van der Waals surface area (Å²) in [6.45, 7) is 3.62. The molecule has 0 radical (unpaired) electrons. The lowest BCUT2D eigenvalue weighted by molar-refractivity contribution is 0.210. The molecule has 0 bridgehead atoms. The van der Waals surface area contributed by atoms with Gasteiger partial charge in [0, 0.05) is 24.7 Å². The quantitative estimate of drug-likeness (QED) is 0.692.